The largest absolute Gasteiger partial charge is 0.397 e. The van der Waals surface area contributed by atoms with Crippen molar-refractivity contribution in [2.75, 3.05) is 11.1 Å². The maximum Gasteiger partial charge on any atom is 0.228 e. The van der Waals surface area contributed by atoms with E-state index in [0.29, 0.717) is 16.5 Å². The minimum absolute atomic E-state index is 0.0452. The summed E-state index contributed by atoms with van der Waals surface area (Å²) < 4.78 is 0. The van der Waals surface area contributed by atoms with Gasteiger partial charge in [0, 0.05) is 17.5 Å². The van der Waals surface area contributed by atoms with Gasteiger partial charge in [-0.25, -0.2) is 4.98 Å². The molecule has 1 aliphatic carbocycles. The Kier molecular flexibility index (Phi) is 2.59. The predicted octanol–water partition coefficient (Wildman–Crippen LogP) is 2.82. The number of benzene rings is 1. The Labute approximate surface area is 109 Å². The number of nitrogen functional groups attached to an aromatic ring is 1. The van der Waals surface area contributed by atoms with Crippen molar-refractivity contribution >= 4 is 39.8 Å². The van der Waals surface area contributed by atoms with E-state index in [9.17, 15) is 4.79 Å². The van der Waals surface area contributed by atoms with Crippen LogP contribution < -0.4 is 11.1 Å². The summed E-state index contributed by atoms with van der Waals surface area (Å²) in [5.74, 6) is 0.766. The Morgan fingerprint density at radius 2 is 2.22 bits per heavy atom. The van der Waals surface area contributed by atoms with Gasteiger partial charge in [-0.3, -0.25) is 4.79 Å². The molecule has 18 heavy (non-hydrogen) atoms. The summed E-state index contributed by atoms with van der Waals surface area (Å²) in [6.07, 6.45) is 3.59. The van der Waals surface area contributed by atoms with E-state index in [0.717, 1.165) is 23.6 Å². The lowest BCUT2D eigenvalue weighted by Crippen LogP contribution is -2.14. The SMILES string of the molecule is Nc1c(Cl)ccc2cc(NC(=O)C3CC3)ncc12. The topological polar surface area (TPSA) is 68.0 Å². The second-order valence-electron chi connectivity index (χ2n) is 4.52. The Morgan fingerprint density at radius 3 is 2.94 bits per heavy atom. The number of aromatic nitrogens is 1. The molecule has 2 aromatic rings. The number of pyridine rings is 1. The maximum absolute atomic E-state index is 11.6. The predicted molar refractivity (Wildman–Crippen MR) is 72.5 cm³/mol. The Bertz CT molecular complexity index is 637. The van der Waals surface area contributed by atoms with E-state index in [1.54, 1.807) is 12.3 Å². The van der Waals surface area contributed by atoms with Crippen LogP contribution >= 0.6 is 11.6 Å². The molecule has 0 spiro atoms. The number of carbonyl (C=O) groups is 1. The van der Waals surface area contributed by atoms with Crippen LogP contribution in [0.1, 0.15) is 12.8 Å². The maximum atomic E-state index is 11.6. The lowest BCUT2D eigenvalue weighted by molar-refractivity contribution is -0.117. The molecule has 0 atom stereocenters. The standard InChI is InChI=1S/C13H12ClN3O/c14-10-4-3-8-5-11(16-6-9(8)12(10)15)17-13(18)7-1-2-7/h3-7H,1-2,15H2,(H,16,17,18). The van der Waals surface area contributed by atoms with Crippen LogP contribution in [-0.2, 0) is 4.79 Å². The lowest BCUT2D eigenvalue weighted by atomic mass is 10.1. The van der Waals surface area contributed by atoms with Crippen LogP contribution in [0.4, 0.5) is 11.5 Å². The van der Waals surface area contributed by atoms with Gasteiger partial charge < -0.3 is 11.1 Å². The number of nitrogens with two attached hydrogens (primary N) is 1. The molecule has 3 rings (SSSR count). The molecule has 1 aromatic carbocycles. The van der Waals surface area contributed by atoms with Gasteiger partial charge in [0.05, 0.1) is 10.7 Å². The summed E-state index contributed by atoms with van der Waals surface area (Å²) in [4.78, 5) is 15.8. The third-order valence-electron chi connectivity index (χ3n) is 3.09. The Hall–Kier alpha value is -1.81. The number of rotatable bonds is 2. The van der Waals surface area contributed by atoms with E-state index in [1.165, 1.54) is 0 Å². The first-order valence-corrected chi connectivity index (χ1v) is 6.17. The van der Waals surface area contributed by atoms with E-state index in [-0.39, 0.29) is 11.8 Å². The van der Waals surface area contributed by atoms with Gasteiger partial charge in [0.2, 0.25) is 5.91 Å². The number of hydrogen-bond donors (Lipinski definition) is 2. The highest BCUT2D eigenvalue weighted by atomic mass is 35.5. The second-order valence-corrected chi connectivity index (χ2v) is 4.92. The first-order chi connectivity index (χ1) is 8.65. The summed E-state index contributed by atoms with van der Waals surface area (Å²) in [6.45, 7) is 0. The highest BCUT2D eigenvalue weighted by molar-refractivity contribution is 6.34. The van der Waals surface area contributed by atoms with Crippen LogP contribution in [0.2, 0.25) is 5.02 Å². The summed E-state index contributed by atoms with van der Waals surface area (Å²) >= 11 is 5.94. The number of nitrogens with one attached hydrogen (secondary N) is 1. The first kappa shape index (κ1) is 11.3. The van der Waals surface area contributed by atoms with Gasteiger partial charge in [0.1, 0.15) is 5.82 Å². The molecule has 92 valence electrons. The van der Waals surface area contributed by atoms with E-state index in [1.807, 2.05) is 12.1 Å². The summed E-state index contributed by atoms with van der Waals surface area (Å²) in [6, 6.07) is 5.41. The van der Waals surface area contributed by atoms with Crippen LogP contribution in [0.15, 0.2) is 24.4 Å². The van der Waals surface area contributed by atoms with E-state index in [4.69, 9.17) is 17.3 Å². The fraction of sp³-hybridized carbons (Fsp3) is 0.231. The third-order valence-corrected chi connectivity index (χ3v) is 3.42. The normalized spacial score (nSPS) is 14.7. The van der Waals surface area contributed by atoms with Crippen LogP contribution in [0.3, 0.4) is 0 Å². The molecule has 5 heteroatoms. The molecule has 0 radical (unpaired) electrons. The molecule has 1 aromatic heterocycles. The molecule has 0 bridgehead atoms. The molecule has 0 saturated heterocycles. The monoisotopic (exact) mass is 261 g/mol. The summed E-state index contributed by atoms with van der Waals surface area (Å²) in [7, 11) is 0. The molecule has 4 nitrogen and oxygen atoms in total. The number of anilines is 2. The number of amides is 1. The minimum atomic E-state index is 0.0452. The smallest absolute Gasteiger partial charge is 0.228 e. The molecule has 1 amide bonds. The fourth-order valence-electron chi connectivity index (χ4n) is 1.86. The molecule has 0 unspecified atom stereocenters. The van der Waals surface area contributed by atoms with Crippen molar-refractivity contribution in [2.45, 2.75) is 12.8 Å². The van der Waals surface area contributed by atoms with Crippen molar-refractivity contribution in [3.05, 3.63) is 29.4 Å². The van der Waals surface area contributed by atoms with Gasteiger partial charge in [-0.2, -0.15) is 0 Å². The van der Waals surface area contributed by atoms with Crippen molar-refractivity contribution in [1.82, 2.24) is 4.98 Å². The Morgan fingerprint density at radius 1 is 1.44 bits per heavy atom. The zero-order chi connectivity index (χ0) is 12.7. The molecule has 1 heterocycles. The molecule has 3 N–H and O–H groups in total. The highest BCUT2D eigenvalue weighted by Gasteiger charge is 2.29. The van der Waals surface area contributed by atoms with Crippen molar-refractivity contribution in [1.29, 1.82) is 0 Å². The molecule has 1 aliphatic rings. The van der Waals surface area contributed by atoms with Gasteiger partial charge in [-0.15, -0.1) is 0 Å². The summed E-state index contributed by atoms with van der Waals surface area (Å²) in [5, 5.41) is 5.03. The van der Waals surface area contributed by atoms with Crippen molar-refractivity contribution in [2.24, 2.45) is 5.92 Å². The number of halogens is 1. The van der Waals surface area contributed by atoms with Crippen LogP contribution in [0.25, 0.3) is 10.8 Å². The van der Waals surface area contributed by atoms with Crippen molar-refractivity contribution in [3.8, 4) is 0 Å². The van der Waals surface area contributed by atoms with Crippen molar-refractivity contribution < 1.29 is 4.79 Å². The molecule has 1 fully saturated rings. The number of hydrogen-bond acceptors (Lipinski definition) is 3. The first-order valence-electron chi connectivity index (χ1n) is 5.80. The zero-order valence-electron chi connectivity index (χ0n) is 9.61. The van der Waals surface area contributed by atoms with E-state index in [2.05, 4.69) is 10.3 Å². The quantitative estimate of drug-likeness (QED) is 0.817. The highest BCUT2D eigenvalue weighted by Crippen LogP contribution is 2.31. The number of carbonyl (C=O) groups excluding carboxylic acids is 1. The van der Waals surface area contributed by atoms with Gasteiger partial charge in [-0.05, 0) is 30.4 Å². The minimum Gasteiger partial charge on any atom is -0.397 e. The van der Waals surface area contributed by atoms with Gasteiger partial charge in [0.25, 0.3) is 0 Å². The van der Waals surface area contributed by atoms with Crippen molar-refractivity contribution in [3.63, 3.8) is 0 Å². The zero-order valence-corrected chi connectivity index (χ0v) is 10.4. The second kappa shape index (κ2) is 4.14. The lowest BCUT2D eigenvalue weighted by Gasteiger charge is -2.07. The molecular formula is C13H12ClN3O. The Balaban J connectivity index is 1.95. The summed E-state index contributed by atoms with van der Waals surface area (Å²) in [5.41, 5.74) is 6.38. The van der Waals surface area contributed by atoms with E-state index >= 15 is 0 Å². The van der Waals surface area contributed by atoms with Gasteiger partial charge in [0.15, 0.2) is 0 Å². The number of fused-ring (bicyclic) bond motifs is 1. The van der Waals surface area contributed by atoms with E-state index < -0.39 is 0 Å². The van der Waals surface area contributed by atoms with Crippen LogP contribution in [0.5, 0.6) is 0 Å². The molecule has 0 aliphatic heterocycles. The van der Waals surface area contributed by atoms with Gasteiger partial charge in [-0.1, -0.05) is 17.7 Å². The molecular weight excluding hydrogens is 250 g/mol. The van der Waals surface area contributed by atoms with Crippen LogP contribution in [0, 0.1) is 5.92 Å². The van der Waals surface area contributed by atoms with Crippen LogP contribution in [-0.4, -0.2) is 10.9 Å². The average Bonchev–Trinajstić information content (AvgIpc) is 3.18. The average molecular weight is 262 g/mol. The molecule has 1 saturated carbocycles. The third kappa shape index (κ3) is 1.99. The van der Waals surface area contributed by atoms with Gasteiger partial charge >= 0.3 is 0 Å². The number of nitrogens with zero attached hydrogens (tertiary/aromatic N) is 1. The fourth-order valence-corrected chi connectivity index (χ4v) is 2.02.